The van der Waals surface area contributed by atoms with Crippen LogP contribution in [0.1, 0.15) is 19.4 Å². The van der Waals surface area contributed by atoms with Crippen LogP contribution in [0.4, 0.5) is 5.69 Å². The van der Waals surface area contributed by atoms with Crippen LogP contribution in [0.15, 0.2) is 18.2 Å². The van der Waals surface area contributed by atoms with E-state index in [1.165, 1.54) is 12.1 Å². The van der Waals surface area contributed by atoms with E-state index >= 15 is 0 Å². The smallest absolute Gasteiger partial charge is 0.258 e. The Labute approximate surface area is 86.9 Å². The average molecular weight is 213 g/mol. The summed E-state index contributed by atoms with van der Waals surface area (Å²) in [5, 5.41) is 18.8. The fourth-order valence-electron chi connectivity index (χ4n) is 0.722. The maximum absolute atomic E-state index is 10.3. The second-order valence-electron chi connectivity index (χ2n) is 2.04. The predicted molar refractivity (Wildman–Crippen MR) is 54.2 cm³/mol. The number of rotatable bonds is 1. The molecule has 0 unspecified atom stereocenters. The van der Waals surface area contributed by atoms with E-state index in [-0.39, 0.29) is 16.3 Å². The summed E-state index contributed by atoms with van der Waals surface area (Å²) < 4.78 is 0. The van der Waals surface area contributed by atoms with E-state index in [0.29, 0.717) is 0 Å². The molecule has 0 spiro atoms. The van der Waals surface area contributed by atoms with E-state index in [4.69, 9.17) is 16.9 Å². The van der Waals surface area contributed by atoms with Crippen molar-refractivity contribution >= 4 is 17.3 Å². The molecular weight excluding hydrogens is 204 g/mol. The van der Waals surface area contributed by atoms with Crippen molar-refractivity contribution in [3.05, 3.63) is 38.9 Å². The van der Waals surface area contributed by atoms with Crippen LogP contribution in [0.3, 0.4) is 0 Å². The fourth-order valence-corrected chi connectivity index (χ4v) is 0.909. The molecule has 0 atom stereocenters. The van der Waals surface area contributed by atoms with Gasteiger partial charge in [-0.2, -0.15) is 5.26 Å². The molecule has 1 aromatic rings. The van der Waals surface area contributed by atoms with E-state index in [9.17, 15) is 10.1 Å². The Hall–Kier alpha value is -1.60. The molecule has 0 N–H and O–H groups in total. The van der Waals surface area contributed by atoms with Gasteiger partial charge in [-0.1, -0.05) is 25.4 Å². The second-order valence-corrected chi connectivity index (χ2v) is 2.44. The molecule has 0 aliphatic rings. The van der Waals surface area contributed by atoms with Crippen molar-refractivity contribution in [3.63, 3.8) is 0 Å². The summed E-state index contributed by atoms with van der Waals surface area (Å²) in [6.45, 7) is 4.00. The quantitative estimate of drug-likeness (QED) is 0.531. The van der Waals surface area contributed by atoms with Gasteiger partial charge in [0, 0.05) is 6.07 Å². The Bertz CT molecular complexity index is 372. The molecule has 0 saturated carbocycles. The third kappa shape index (κ3) is 3.04. The molecule has 0 radical (unpaired) electrons. The number of nitro groups is 1. The monoisotopic (exact) mass is 212 g/mol. The molecule has 0 amide bonds. The van der Waals surface area contributed by atoms with Crippen LogP contribution in [-0.4, -0.2) is 4.92 Å². The van der Waals surface area contributed by atoms with Crippen molar-refractivity contribution in [2.75, 3.05) is 0 Å². The summed E-state index contributed by atoms with van der Waals surface area (Å²) in [6.07, 6.45) is 0. The van der Waals surface area contributed by atoms with Gasteiger partial charge in [-0.25, -0.2) is 0 Å². The topological polar surface area (TPSA) is 66.9 Å². The Morgan fingerprint density at radius 1 is 1.50 bits per heavy atom. The van der Waals surface area contributed by atoms with Crippen LogP contribution in [0, 0.1) is 21.4 Å². The molecule has 0 heterocycles. The lowest BCUT2D eigenvalue weighted by Crippen LogP contribution is -1.89. The molecular formula is C9H9ClN2O2. The molecule has 1 rings (SSSR count). The van der Waals surface area contributed by atoms with E-state index in [2.05, 4.69) is 0 Å². The lowest BCUT2D eigenvalue weighted by Gasteiger charge is -1.93. The molecule has 0 fully saturated rings. The van der Waals surface area contributed by atoms with Crippen LogP contribution in [0.5, 0.6) is 0 Å². The van der Waals surface area contributed by atoms with Gasteiger partial charge in [0.25, 0.3) is 5.69 Å². The van der Waals surface area contributed by atoms with Gasteiger partial charge in [-0.15, -0.1) is 0 Å². The highest BCUT2D eigenvalue weighted by Crippen LogP contribution is 2.24. The highest BCUT2D eigenvalue weighted by molar-refractivity contribution is 6.32. The molecule has 0 saturated heterocycles. The van der Waals surface area contributed by atoms with Crippen molar-refractivity contribution in [1.82, 2.24) is 0 Å². The van der Waals surface area contributed by atoms with Crippen molar-refractivity contribution in [1.29, 1.82) is 5.26 Å². The number of halogens is 1. The van der Waals surface area contributed by atoms with E-state index < -0.39 is 4.92 Å². The highest BCUT2D eigenvalue weighted by Gasteiger charge is 2.11. The lowest BCUT2D eigenvalue weighted by molar-refractivity contribution is -0.384. The summed E-state index contributed by atoms with van der Waals surface area (Å²) >= 11 is 5.50. The molecule has 0 aliphatic carbocycles. The number of benzene rings is 1. The molecule has 4 nitrogen and oxygen atoms in total. The number of nitro benzene ring substituents is 1. The highest BCUT2D eigenvalue weighted by atomic mass is 35.5. The largest absolute Gasteiger partial charge is 0.289 e. The van der Waals surface area contributed by atoms with Crippen LogP contribution < -0.4 is 0 Å². The third-order valence-corrected chi connectivity index (χ3v) is 1.59. The number of hydrogen-bond acceptors (Lipinski definition) is 3. The van der Waals surface area contributed by atoms with Gasteiger partial charge in [0.05, 0.1) is 16.6 Å². The summed E-state index contributed by atoms with van der Waals surface area (Å²) in [7, 11) is 0. The van der Waals surface area contributed by atoms with Gasteiger partial charge in [-0.3, -0.25) is 10.1 Å². The summed E-state index contributed by atoms with van der Waals surface area (Å²) in [4.78, 5) is 9.68. The van der Waals surface area contributed by atoms with Gasteiger partial charge in [0.1, 0.15) is 5.02 Å². The Kier molecular flexibility index (Phi) is 5.27. The standard InChI is InChI=1S/C7H3ClN2O2.C2H6/c8-6-2-1-5(4-9)3-7(6)10(11)12;1-2/h1-3H;1-2H3. The second kappa shape index (κ2) is 5.95. The first-order valence-electron chi connectivity index (χ1n) is 3.99. The van der Waals surface area contributed by atoms with Gasteiger partial charge < -0.3 is 0 Å². The van der Waals surface area contributed by atoms with Gasteiger partial charge in [-0.05, 0) is 12.1 Å². The molecule has 74 valence electrons. The first-order valence-corrected chi connectivity index (χ1v) is 4.37. The number of hydrogen-bond donors (Lipinski definition) is 0. The molecule has 0 aromatic heterocycles. The van der Waals surface area contributed by atoms with Gasteiger partial charge in [0.15, 0.2) is 0 Å². The summed E-state index contributed by atoms with van der Waals surface area (Å²) in [5.41, 5.74) is -0.0122. The minimum Gasteiger partial charge on any atom is -0.258 e. The van der Waals surface area contributed by atoms with Crippen molar-refractivity contribution in [2.24, 2.45) is 0 Å². The van der Waals surface area contributed by atoms with E-state index in [1.807, 2.05) is 13.8 Å². The number of nitriles is 1. The maximum atomic E-state index is 10.3. The zero-order valence-electron chi connectivity index (χ0n) is 7.82. The first-order chi connectivity index (χ1) is 6.65. The zero-order chi connectivity index (χ0) is 11.1. The maximum Gasteiger partial charge on any atom is 0.289 e. The van der Waals surface area contributed by atoms with Gasteiger partial charge in [0.2, 0.25) is 0 Å². The molecule has 1 aromatic carbocycles. The molecule has 0 aliphatic heterocycles. The van der Waals surface area contributed by atoms with Gasteiger partial charge >= 0.3 is 0 Å². The van der Waals surface area contributed by atoms with Crippen LogP contribution in [-0.2, 0) is 0 Å². The summed E-state index contributed by atoms with van der Waals surface area (Å²) in [6, 6.07) is 5.69. The Balaban J connectivity index is 0.000000791. The van der Waals surface area contributed by atoms with Crippen molar-refractivity contribution in [3.8, 4) is 6.07 Å². The predicted octanol–water partition coefficient (Wildman–Crippen LogP) is 3.15. The summed E-state index contributed by atoms with van der Waals surface area (Å²) in [5.74, 6) is 0. The Morgan fingerprint density at radius 3 is 2.50 bits per heavy atom. The SMILES string of the molecule is CC.N#Cc1ccc(Cl)c([N+](=O)[O-])c1. The third-order valence-electron chi connectivity index (χ3n) is 1.27. The van der Waals surface area contributed by atoms with Crippen LogP contribution in [0.2, 0.25) is 5.02 Å². The molecule has 5 heteroatoms. The van der Waals surface area contributed by atoms with E-state index in [0.717, 1.165) is 6.07 Å². The minimum atomic E-state index is -0.622. The molecule has 0 bridgehead atoms. The lowest BCUT2D eigenvalue weighted by atomic mass is 10.2. The minimum absolute atomic E-state index is 0.0407. The zero-order valence-corrected chi connectivity index (χ0v) is 8.58. The van der Waals surface area contributed by atoms with Crippen LogP contribution >= 0.6 is 11.6 Å². The van der Waals surface area contributed by atoms with Crippen molar-refractivity contribution in [2.45, 2.75) is 13.8 Å². The average Bonchev–Trinajstić information content (AvgIpc) is 2.21. The molecule has 14 heavy (non-hydrogen) atoms. The van der Waals surface area contributed by atoms with Crippen molar-refractivity contribution < 1.29 is 4.92 Å². The fraction of sp³-hybridized carbons (Fsp3) is 0.222. The first kappa shape index (κ1) is 12.4. The van der Waals surface area contributed by atoms with Crippen LogP contribution in [0.25, 0.3) is 0 Å². The normalized spacial score (nSPS) is 8.14. The Morgan fingerprint density at radius 2 is 2.07 bits per heavy atom. The number of nitrogens with zero attached hydrogens (tertiary/aromatic N) is 2. The van der Waals surface area contributed by atoms with E-state index in [1.54, 1.807) is 6.07 Å².